The van der Waals surface area contributed by atoms with Crippen LogP contribution in [0, 0.1) is 0 Å². The van der Waals surface area contributed by atoms with Crippen LogP contribution < -0.4 is 10.1 Å². The highest BCUT2D eigenvalue weighted by molar-refractivity contribution is 6.31. The number of carbonyl (C=O) groups is 1. The maximum atomic E-state index is 12.4. The number of aryl methyl sites for hydroxylation is 1. The number of ether oxygens (including phenoxy) is 1. The molecule has 4 aromatic carbocycles. The van der Waals surface area contributed by atoms with Gasteiger partial charge in [-0.3, -0.25) is 4.79 Å². The second-order valence-electron chi connectivity index (χ2n) is 8.72. The van der Waals surface area contributed by atoms with Crippen molar-refractivity contribution in [1.29, 1.82) is 0 Å². The number of fused-ring (bicyclic) bond motifs is 2. The third-order valence-corrected chi connectivity index (χ3v) is 6.62. The topological polar surface area (TPSA) is 56.2 Å². The number of nitrogens with zero attached hydrogens (tertiary/aromatic N) is 2. The molecule has 0 spiro atoms. The van der Waals surface area contributed by atoms with E-state index < -0.39 is 0 Å². The Morgan fingerprint density at radius 1 is 0.917 bits per heavy atom. The minimum atomic E-state index is -0.0470. The number of amides is 1. The third-order valence-electron chi connectivity index (χ3n) is 6.25. The molecule has 0 aliphatic carbocycles. The number of rotatable bonds is 10. The quantitative estimate of drug-likeness (QED) is 0.233. The van der Waals surface area contributed by atoms with Crippen molar-refractivity contribution >= 4 is 39.3 Å². The smallest absolute Gasteiger partial charge is 0.224 e. The van der Waals surface area contributed by atoms with E-state index in [0.29, 0.717) is 24.6 Å². The SMILES string of the molecule is O=C(Cc1ccccc1Cl)NCCc1nc2ccccc2n1CCCOc1cccc2ccccc12. The van der Waals surface area contributed by atoms with Crippen molar-refractivity contribution in [2.45, 2.75) is 25.8 Å². The lowest BCUT2D eigenvalue weighted by molar-refractivity contribution is -0.120. The van der Waals surface area contributed by atoms with Crippen LogP contribution in [0.15, 0.2) is 91.0 Å². The molecule has 6 heteroatoms. The summed E-state index contributed by atoms with van der Waals surface area (Å²) in [5.74, 6) is 1.82. The second kappa shape index (κ2) is 11.3. The summed E-state index contributed by atoms with van der Waals surface area (Å²) in [7, 11) is 0. The first-order valence-corrected chi connectivity index (χ1v) is 12.6. The fourth-order valence-electron chi connectivity index (χ4n) is 4.48. The maximum Gasteiger partial charge on any atom is 0.224 e. The predicted molar refractivity (Wildman–Crippen MR) is 146 cm³/mol. The van der Waals surface area contributed by atoms with Gasteiger partial charge in [0.2, 0.25) is 5.91 Å². The van der Waals surface area contributed by atoms with Crippen LogP contribution in [0.1, 0.15) is 17.8 Å². The van der Waals surface area contributed by atoms with Gasteiger partial charge in [0.05, 0.1) is 24.1 Å². The Kier molecular flexibility index (Phi) is 7.48. The zero-order chi connectivity index (χ0) is 24.7. The Morgan fingerprint density at radius 2 is 1.69 bits per heavy atom. The lowest BCUT2D eigenvalue weighted by Gasteiger charge is -2.12. The fourth-order valence-corrected chi connectivity index (χ4v) is 4.69. The van der Waals surface area contributed by atoms with Crippen LogP contribution in [0.3, 0.4) is 0 Å². The van der Waals surface area contributed by atoms with Gasteiger partial charge >= 0.3 is 0 Å². The maximum absolute atomic E-state index is 12.4. The number of aromatic nitrogens is 2. The molecule has 0 atom stereocenters. The van der Waals surface area contributed by atoms with E-state index in [2.05, 4.69) is 34.1 Å². The minimum Gasteiger partial charge on any atom is -0.493 e. The van der Waals surface area contributed by atoms with E-state index in [1.807, 2.05) is 60.7 Å². The van der Waals surface area contributed by atoms with Crippen molar-refractivity contribution in [3.8, 4) is 5.75 Å². The second-order valence-corrected chi connectivity index (χ2v) is 9.12. The molecule has 1 aromatic heterocycles. The fraction of sp³-hybridized carbons (Fsp3) is 0.200. The van der Waals surface area contributed by atoms with E-state index in [1.165, 1.54) is 5.39 Å². The molecule has 0 bridgehead atoms. The standard InChI is InChI=1S/C30H28ClN3O2/c31-25-13-4-2-10-23(25)21-30(35)32-18-17-29-33-26-14-5-6-15-27(26)34(29)19-8-20-36-28-16-7-11-22-9-1-3-12-24(22)28/h1-7,9-16H,8,17-21H2,(H,32,35). The highest BCUT2D eigenvalue weighted by Crippen LogP contribution is 2.25. The van der Waals surface area contributed by atoms with E-state index in [9.17, 15) is 4.79 Å². The number of halogens is 1. The summed E-state index contributed by atoms with van der Waals surface area (Å²) >= 11 is 6.19. The van der Waals surface area contributed by atoms with Gasteiger partial charge in [-0.2, -0.15) is 0 Å². The summed E-state index contributed by atoms with van der Waals surface area (Å²) < 4.78 is 8.38. The molecular formula is C30H28ClN3O2. The van der Waals surface area contributed by atoms with Crippen LogP contribution in [0.4, 0.5) is 0 Å². The molecule has 1 amide bonds. The first-order valence-electron chi connectivity index (χ1n) is 12.2. The molecule has 1 heterocycles. The average Bonchev–Trinajstić information content (AvgIpc) is 3.25. The van der Waals surface area contributed by atoms with Gasteiger partial charge in [0.1, 0.15) is 11.6 Å². The molecule has 5 rings (SSSR count). The summed E-state index contributed by atoms with van der Waals surface area (Å²) in [6.45, 7) is 1.90. The summed E-state index contributed by atoms with van der Waals surface area (Å²) in [5, 5.41) is 5.92. The Bertz CT molecular complexity index is 1490. The molecule has 36 heavy (non-hydrogen) atoms. The number of hydrogen-bond donors (Lipinski definition) is 1. The average molecular weight is 498 g/mol. The van der Waals surface area contributed by atoms with Crippen LogP contribution in [0.2, 0.25) is 5.02 Å². The Hall–Kier alpha value is -3.83. The normalized spacial score (nSPS) is 11.1. The lowest BCUT2D eigenvalue weighted by atomic mass is 10.1. The van der Waals surface area contributed by atoms with E-state index in [-0.39, 0.29) is 12.3 Å². The molecule has 182 valence electrons. The van der Waals surface area contributed by atoms with E-state index >= 15 is 0 Å². The number of nitrogens with one attached hydrogen (secondary N) is 1. The predicted octanol–water partition coefficient (Wildman–Crippen LogP) is 6.21. The van der Waals surface area contributed by atoms with Gasteiger partial charge < -0.3 is 14.6 Å². The van der Waals surface area contributed by atoms with Crippen molar-refractivity contribution in [2.75, 3.05) is 13.2 Å². The van der Waals surface area contributed by atoms with E-state index in [4.69, 9.17) is 21.3 Å². The molecule has 1 N–H and O–H groups in total. The Labute approximate surface area is 215 Å². The van der Waals surface area contributed by atoms with Crippen molar-refractivity contribution in [3.63, 3.8) is 0 Å². The summed E-state index contributed by atoms with van der Waals surface area (Å²) in [4.78, 5) is 17.3. The van der Waals surface area contributed by atoms with Gasteiger partial charge in [-0.05, 0) is 41.6 Å². The molecule has 0 saturated heterocycles. The molecule has 0 saturated carbocycles. The van der Waals surface area contributed by atoms with E-state index in [0.717, 1.165) is 46.5 Å². The first-order chi connectivity index (χ1) is 17.7. The Balaban J connectivity index is 1.20. The minimum absolute atomic E-state index is 0.0470. The molecule has 0 radical (unpaired) electrons. The largest absolute Gasteiger partial charge is 0.493 e. The molecule has 5 nitrogen and oxygen atoms in total. The number of carbonyl (C=O) groups excluding carboxylic acids is 1. The molecule has 5 aromatic rings. The molecular weight excluding hydrogens is 470 g/mol. The van der Waals surface area contributed by atoms with Crippen LogP contribution >= 0.6 is 11.6 Å². The van der Waals surface area contributed by atoms with Crippen molar-refractivity contribution in [3.05, 3.63) is 107 Å². The van der Waals surface area contributed by atoms with E-state index in [1.54, 1.807) is 6.07 Å². The highest BCUT2D eigenvalue weighted by atomic mass is 35.5. The van der Waals surface area contributed by atoms with Crippen molar-refractivity contribution in [2.24, 2.45) is 0 Å². The molecule has 0 fully saturated rings. The summed E-state index contributed by atoms with van der Waals surface area (Å²) in [5.41, 5.74) is 2.89. The number of hydrogen-bond acceptors (Lipinski definition) is 3. The molecule has 0 aliphatic heterocycles. The lowest BCUT2D eigenvalue weighted by Crippen LogP contribution is -2.28. The van der Waals surface area contributed by atoms with Gasteiger partial charge in [0.25, 0.3) is 0 Å². The van der Waals surface area contributed by atoms with Crippen LogP contribution in [-0.2, 0) is 24.2 Å². The van der Waals surface area contributed by atoms with Gasteiger partial charge in [-0.15, -0.1) is 0 Å². The van der Waals surface area contributed by atoms with Gasteiger partial charge in [-0.25, -0.2) is 4.98 Å². The Morgan fingerprint density at radius 3 is 2.61 bits per heavy atom. The molecule has 0 unspecified atom stereocenters. The summed E-state index contributed by atoms with van der Waals surface area (Å²) in [6.07, 6.45) is 1.75. The zero-order valence-electron chi connectivity index (χ0n) is 20.0. The number of para-hydroxylation sites is 2. The van der Waals surface area contributed by atoms with Crippen molar-refractivity contribution in [1.82, 2.24) is 14.9 Å². The van der Waals surface area contributed by atoms with Crippen LogP contribution in [0.25, 0.3) is 21.8 Å². The van der Waals surface area contributed by atoms with Crippen LogP contribution in [-0.4, -0.2) is 28.6 Å². The zero-order valence-corrected chi connectivity index (χ0v) is 20.7. The summed E-state index contributed by atoms with van der Waals surface area (Å²) in [6, 6.07) is 30.0. The third kappa shape index (κ3) is 5.52. The number of imidazole rings is 1. The van der Waals surface area contributed by atoms with Crippen molar-refractivity contribution < 1.29 is 9.53 Å². The van der Waals surface area contributed by atoms with Crippen LogP contribution in [0.5, 0.6) is 5.75 Å². The van der Waals surface area contributed by atoms with Gasteiger partial charge in [0, 0.05) is 29.9 Å². The van der Waals surface area contributed by atoms with Gasteiger partial charge in [0.15, 0.2) is 0 Å². The first kappa shape index (κ1) is 23.9. The monoisotopic (exact) mass is 497 g/mol. The number of benzene rings is 4. The highest BCUT2D eigenvalue weighted by Gasteiger charge is 2.12. The molecule has 0 aliphatic rings. The van der Waals surface area contributed by atoms with Gasteiger partial charge in [-0.1, -0.05) is 78.3 Å².